The zero-order chi connectivity index (χ0) is 7.98. The average Bonchev–Trinajstić information content (AvgIpc) is 1.89. The minimum Gasteiger partial charge on any atom is -0.396 e. The van der Waals surface area contributed by atoms with E-state index in [4.69, 9.17) is 10.4 Å². The Labute approximate surface area is 60.3 Å². The molecule has 1 unspecified atom stereocenters. The SMILES string of the molecule is CC(CCO)C(=O)CC#N. The van der Waals surface area contributed by atoms with Gasteiger partial charge in [-0.2, -0.15) is 5.26 Å². The Hall–Kier alpha value is -0.880. The van der Waals surface area contributed by atoms with E-state index in [2.05, 4.69) is 0 Å². The van der Waals surface area contributed by atoms with Gasteiger partial charge < -0.3 is 5.11 Å². The molecule has 3 heteroatoms. The normalized spacial score (nSPS) is 12.1. The van der Waals surface area contributed by atoms with Crippen molar-refractivity contribution in [3.05, 3.63) is 0 Å². The third-order valence-corrected chi connectivity index (χ3v) is 1.37. The molecule has 0 aromatic carbocycles. The molecule has 0 aliphatic heterocycles. The Balaban J connectivity index is 3.62. The monoisotopic (exact) mass is 141 g/mol. The molecule has 1 N–H and O–H groups in total. The lowest BCUT2D eigenvalue weighted by Gasteiger charge is -2.03. The van der Waals surface area contributed by atoms with Crippen molar-refractivity contribution in [2.45, 2.75) is 19.8 Å². The van der Waals surface area contributed by atoms with E-state index in [-0.39, 0.29) is 24.7 Å². The zero-order valence-electron chi connectivity index (χ0n) is 6.00. The predicted octanol–water partition coefficient (Wildman–Crippen LogP) is 0.488. The molecule has 0 saturated heterocycles. The maximum atomic E-state index is 10.8. The number of aliphatic hydroxyl groups excluding tert-OH is 1. The van der Waals surface area contributed by atoms with Gasteiger partial charge in [-0.15, -0.1) is 0 Å². The lowest BCUT2D eigenvalue weighted by molar-refractivity contribution is -0.121. The van der Waals surface area contributed by atoms with Crippen molar-refractivity contribution in [2.24, 2.45) is 5.92 Å². The summed E-state index contributed by atoms with van der Waals surface area (Å²) in [4.78, 5) is 10.8. The maximum absolute atomic E-state index is 10.8. The van der Waals surface area contributed by atoms with Crippen LogP contribution in [-0.4, -0.2) is 17.5 Å². The molecule has 10 heavy (non-hydrogen) atoms. The van der Waals surface area contributed by atoms with E-state index in [1.165, 1.54) is 0 Å². The highest BCUT2D eigenvalue weighted by molar-refractivity contribution is 5.82. The highest BCUT2D eigenvalue weighted by atomic mass is 16.3. The summed E-state index contributed by atoms with van der Waals surface area (Å²) in [6.07, 6.45) is 0.418. The van der Waals surface area contributed by atoms with E-state index < -0.39 is 0 Å². The number of rotatable bonds is 4. The van der Waals surface area contributed by atoms with Gasteiger partial charge in [0.15, 0.2) is 0 Å². The van der Waals surface area contributed by atoms with Crippen LogP contribution in [0.4, 0.5) is 0 Å². The average molecular weight is 141 g/mol. The second-order valence-corrected chi connectivity index (χ2v) is 2.21. The molecule has 0 aliphatic carbocycles. The van der Waals surface area contributed by atoms with Crippen LogP contribution in [0, 0.1) is 17.2 Å². The van der Waals surface area contributed by atoms with Gasteiger partial charge >= 0.3 is 0 Å². The Kier molecular flexibility index (Phi) is 4.51. The van der Waals surface area contributed by atoms with Crippen LogP contribution in [0.5, 0.6) is 0 Å². The third-order valence-electron chi connectivity index (χ3n) is 1.37. The fraction of sp³-hybridized carbons (Fsp3) is 0.714. The smallest absolute Gasteiger partial charge is 0.149 e. The van der Waals surface area contributed by atoms with E-state index in [1.54, 1.807) is 13.0 Å². The highest BCUT2D eigenvalue weighted by Gasteiger charge is 2.10. The summed E-state index contributed by atoms with van der Waals surface area (Å²) < 4.78 is 0. The second kappa shape index (κ2) is 4.95. The van der Waals surface area contributed by atoms with Crippen LogP contribution < -0.4 is 0 Å². The molecule has 0 rings (SSSR count). The Bertz CT molecular complexity index is 148. The number of ketones is 1. The molecular formula is C7H11NO2. The first-order chi connectivity index (χ1) is 4.72. The molecule has 0 spiro atoms. The molecule has 0 aromatic heterocycles. The third kappa shape index (κ3) is 3.21. The van der Waals surface area contributed by atoms with Gasteiger partial charge in [0.25, 0.3) is 0 Å². The Morgan fingerprint density at radius 1 is 1.80 bits per heavy atom. The van der Waals surface area contributed by atoms with E-state index in [0.29, 0.717) is 6.42 Å². The number of carbonyl (C=O) groups is 1. The topological polar surface area (TPSA) is 61.1 Å². The van der Waals surface area contributed by atoms with Crippen molar-refractivity contribution in [1.29, 1.82) is 5.26 Å². The summed E-state index contributed by atoms with van der Waals surface area (Å²) >= 11 is 0. The number of Topliss-reactive ketones (excluding diaryl/α,β-unsaturated/α-hetero) is 1. The molecule has 0 heterocycles. The molecule has 0 saturated carbocycles. The molecule has 0 radical (unpaired) electrons. The maximum Gasteiger partial charge on any atom is 0.149 e. The molecule has 56 valence electrons. The number of hydrogen-bond donors (Lipinski definition) is 1. The summed E-state index contributed by atoms with van der Waals surface area (Å²) in [6.45, 7) is 1.73. The van der Waals surface area contributed by atoms with Crippen LogP contribution in [0.15, 0.2) is 0 Å². The van der Waals surface area contributed by atoms with E-state index in [0.717, 1.165) is 0 Å². The first-order valence-electron chi connectivity index (χ1n) is 3.23. The number of hydrogen-bond acceptors (Lipinski definition) is 3. The van der Waals surface area contributed by atoms with Crippen LogP contribution in [0.25, 0.3) is 0 Å². The predicted molar refractivity (Wildman–Crippen MR) is 36.1 cm³/mol. The zero-order valence-corrected chi connectivity index (χ0v) is 6.00. The highest BCUT2D eigenvalue weighted by Crippen LogP contribution is 2.03. The summed E-state index contributed by atoms with van der Waals surface area (Å²) in [6, 6.07) is 1.78. The largest absolute Gasteiger partial charge is 0.396 e. The molecule has 0 amide bonds. The first kappa shape index (κ1) is 9.12. The molecule has 0 bridgehead atoms. The van der Waals surface area contributed by atoms with Crippen LogP contribution in [0.3, 0.4) is 0 Å². The minimum atomic E-state index is -0.176. The molecule has 0 fully saturated rings. The Morgan fingerprint density at radius 3 is 2.80 bits per heavy atom. The Morgan fingerprint density at radius 2 is 2.40 bits per heavy atom. The van der Waals surface area contributed by atoms with Crippen molar-refractivity contribution >= 4 is 5.78 Å². The molecule has 0 aliphatic rings. The number of nitrogens with zero attached hydrogens (tertiary/aromatic N) is 1. The van der Waals surface area contributed by atoms with E-state index in [9.17, 15) is 4.79 Å². The van der Waals surface area contributed by atoms with Crippen LogP contribution in [-0.2, 0) is 4.79 Å². The number of nitriles is 1. The van der Waals surface area contributed by atoms with Gasteiger partial charge in [-0.05, 0) is 6.42 Å². The van der Waals surface area contributed by atoms with Crippen LogP contribution in [0.1, 0.15) is 19.8 Å². The van der Waals surface area contributed by atoms with Gasteiger partial charge in [-0.3, -0.25) is 4.79 Å². The van der Waals surface area contributed by atoms with Gasteiger partial charge in [0.05, 0.1) is 12.5 Å². The van der Waals surface area contributed by atoms with Crippen molar-refractivity contribution in [2.75, 3.05) is 6.61 Å². The molecule has 1 atom stereocenters. The van der Waals surface area contributed by atoms with Crippen molar-refractivity contribution in [3.8, 4) is 6.07 Å². The lowest BCUT2D eigenvalue weighted by atomic mass is 10.0. The fourth-order valence-electron chi connectivity index (χ4n) is 0.607. The second-order valence-electron chi connectivity index (χ2n) is 2.21. The summed E-state index contributed by atoms with van der Waals surface area (Å²) in [7, 11) is 0. The van der Waals surface area contributed by atoms with Gasteiger partial charge in [0.2, 0.25) is 0 Å². The van der Waals surface area contributed by atoms with E-state index >= 15 is 0 Å². The van der Waals surface area contributed by atoms with Crippen LogP contribution >= 0.6 is 0 Å². The number of carbonyl (C=O) groups excluding carboxylic acids is 1. The van der Waals surface area contributed by atoms with Gasteiger partial charge in [-0.25, -0.2) is 0 Å². The van der Waals surface area contributed by atoms with Gasteiger partial charge in [0.1, 0.15) is 5.78 Å². The van der Waals surface area contributed by atoms with Crippen molar-refractivity contribution in [1.82, 2.24) is 0 Å². The first-order valence-corrected chi connectivity index (χ1v) is 3.23. The molecule has 0 aromatic rings. The summed E-state index contributed by atoms with van der Waals surface area (Å²) in [5, 5.41) is 16.5. The van der Waals surface area contributed by atoms with Crippen LogP contribution in [0.2, 0.25) is 0 Å². The summed E-state index contributed by atoms with van der Waals surface area (Å²) in [5.74, 6) is -0.263. The molecule has 3 nitrogen and oxygen atoms in total. The van der Waals surface area contributed by atoms with Gasteiger partial charge in [-0.1, -0.05) is 6.92 Å². The number of aliphatic hydroxyl groups is 1. The van der Waals surface area contributed by atoms with Gasteiger partial charge in [0, 0.05) is 12.5 Å². The molecular weight excluding hydrogens is 130 g/mol. The quantitative estimate of drug-likeness (QED) is 0.619. The standard InChI is InChI=1S/C7H11NO2/c1-6(3-5-9)7(10)2-4-8/h6,9H,2-3,5H2,1H3. The lowest BCUT2D eigenvalue weighted by Crippen LogP contribution is -2.11. The van der Waals surface area contributed by atoms with Crippen molar-refractivity contribution < 1.29 is 9.90 Å². The minimum absolute atomic E-state index is 0.0122. The summed E-state index contributed by atoms with van der Waals surface area (Å²) in [5.41, 5.74) is 0. The van der Waals surface area contributed by atoms with E-state index in [1.807, 2.05) is 0 Å². The van der Waals surface area contributed by atoms with Crippen molar-refractivity contribution in [3.63, 3.8) is 0 Å². The fourth-order valence-corrected chi connectivity index (χ4v) is 0.607.